The van der Waals surface area contributed by atoms with Crippen LogP contribution in [0, 0.1) is 12.8 Å². The molecule has 7 heteroatoms. The fraction of sp³-hybridized carbons (Fsp3) is 0.583. The minimum absolute atomic E-state index is 0.0621. The Morgan fingerprint density at radius 2 is 2.00 bits per heavy atom. The molecule has 0 radical (unpaired) electrons. The number of hydrogen-bond acceptors (Lipinski definition) is 6. The third kappa shape index (κ3) is 6.43. The lowest BCUT2D eigenvalue weighted by molar-refractivity contribution is -0.118. The molecule has 0 saturated carbocycles. The van der Waals surface area contributed by atoms with Crippen molar-refractivity contribution in [1.29, 1.82) is 0 Å². The average molecular weight is 446 g/mol. The van der Waals surface area contributed by atoms with Gasteiger partial charge in [0, 0.05) is 17.0 Å². The van der Waals surface area contributed by atoms with Gasteiger partial charge in [0.2, 0.25) is 0 Å². The Balaban J connectivity index is 1.58. The SMILES string of the molecule is COc1ccc(OCC(=O)Nc2nc(C)c(CN3CCC(C)CC3)s2)c(C(C)(C)C)c1. The standard InChI is InChI=1S/C24H35N3O3S/c1-16-9-11-27(12-10-16)14-21-17(2)25-23(31-21)26-22(28)15-30-20-8-7-18(29-6)13-19(20)24(3,4)5/h7-8,13,16H,9-12,14-15H2,1-6H3,(H,25,26,28). The molecule has 1 saturated heterocycles. The molecule has 2 heterocycles. The molecule has 1 aromatic carbocycles. The lowest BCUT2D eigenvalue weighted by atomic mass is 9.86. The van der Waals surface area contributed by atoms with E-state index in [1.165, 1.54) is 17.7 Å². The fourth-order valence-electron chi connectivity index (χ4n) is 3.70. The summed E-state index contributed by atoms with van der Waals surface area (Å²) in [6, 6.07) is 5.67. The van der Waals surface area contributed by atoms with E-state index in [4.69, 9.17) is 9.47 Å². The zero-order valence-corrected chi connectivity index (χ0v) is 20.4. The molecule has 31 heavy (non-hydrogen) atoms. The number of hydrogen-bond donors (Lipinski definition) is 1. The second-order valence-corrected chi connectivity index (χ2v) is 10.5. The average Bonchev–Trinajstić information content (AvgIpc) is 3.05. The van der Waals surface area contributed by atoms with Gasteiger partial charge < -0.3 is 9.47 Å². The molecule has 3 rings (SSSR count). The van der Waals surface area contributed by atoms with Gasteiger partial charge in [-0.25, -0.2) is 4.98 Å². The van der Waals surface area contributed by atoms with Gasteiger partial charge in [-0.1, -0.05) is 27.7 Å². The van der Waals surface area contributed by atoms with Gasteiger partial charge in [-0.2, -0.15) is 0 Å². The van der Waals surface area contributed by atoms with Gasteiger partial charge in [0.05, 0.1) is 12.8 Å². The summed E-state index contributed by atoms with van der Waals surface area (Å²) in [5.74, 6) is 2.08. The Kier molecular flexibility index (Phi) is 7.59. The zero-order chi connectivity index (χ0) is 22.6. The number of benzene rings is 1. The topological polar surface area (TPSA) is 63.7 Å². The minimum atomic E-state index is -0.206. The molecule has 1 amide bonds. The van der Waals surface area contributed by atoms with Crippen molar-refractivity contribution in [2.24, 2.45) is 5.92 Å². The van der Waals surface area contributed by atoms with E-state index >= 15 is 0 Å². The van der Waals surface area contributed by atoms with Crippen LogP contribution in [0.1, 0.15) is 56.7 Å². The molecule has 0 aliphatic carbocycles. The second kappa shape index (κ2) is 10.0. The highest BCUT2D eigenvalue weighted by atomic mass is 32.1. The summed E-state index contributed by atoms with van der Waals surface area (Å²) in [5, 5.41) is 3.54. The number of thiazole rings is 1. The number of piperidine rings is 1. The van der Waals surface area contributed by atoms with Crippen LogP contribution in [0.3, 0.4) is 0 Å². The van der Waals surface area contributed by atoms with Crippen LogP contribution >= 0.6 is 11.3 Å². The Morgan fingerprint density at radius 3 is 2.65 bits per heavy atom. The molecule has 2 aromatic rings. The van der Waals surface area contributed by atoms with Crippen LogP contribution in [0.15, 0.2) is 18.2 Å². The normalized spacial score (nSPS) is 15.7. The summed E-state index contributed by atoms with van der Waals surface area (Å²) < 4.78 is 11.2. The molecule has 1 aliphatic rings. The predicted octanol–water partition coefficient (Wildman–Crippen LogP) is 5.01. The maximum atomic E-state index is 12.5. The first kappa shape index (κ1) is 23.5. The predicted molar refractivity (Wildman–Crippen MR) is 126 cm³/mol. The van der Waals surface area contributed by atoms with E-state index in [9.17, 15) is 4.79 Å². The van der Waals surface area contributed by atoms with Gasteiger partial charge in [-0.05, 0) is 62.4 Å². The number of amides is 1. The van der Waals surface area contributed by atoms with E-state index in [0.717, 1.165) is 42.6 Å². The van der Waals surface area contributed by atoms with Crippen molar-refractivity contribution >= 4 is 22.4 Å². The van der Waals surface area contributed by atoms with E-state index in [2.05, 4.69) is 42.9 Å². The van der Waals surface area contributed by atoms with Gasteiger partial charge in [-0.15, -0.1) is 11.3 Å². The third-order valence-corrected chi connectivity index (χ3v) is 6.79. The van der Waals surface area contributed by atoms with Crippen molar-refractivity contribution in [2.45, 2.75) is 59.4 Å². The molecule has 1 aromatic heterocycles. The van der Waals surface area contributed by atoms with Crippen molar-refractivity contribution in [3.05, 3.63) is 34.3 Å². The number of anilines is 1. The van der Waals surface area contributed by atoms with Crippen LogP contribution in [0.25, 0.3) is 0 Å². The van der Waals surface area contributed by atoms with E-state index < -0.39 is 0 Å². The first-order valence-corrected chi connectivity index (χ1v) is 11.8. The largest absolute Gasteiger partial charge is 0.497 e. The lowest BCUT2D eigenvalue weighted by Gasteiger charge is -2.29. The van der Waals surface area contributed by atoms with Gasteiger partial charge in [-0.3, -0.25) is 15.0 Å². The fourth-order valence-corrected chi connectivity index (χ4v) is 4.72. The molecule has 0 unspecified atom stereocenters. The quantitative estimate of drug-likeness (QED) is 0.649. The van der Waals surface area contributed by atoms with Crippen LogP contribution in [0.4, 0.5) is 5.13 Å². The van der Waals surface area contributed by atoms with Crippen LogP contribution in [0.5, 0.6) is 11.5 Å². The summed E-state index contributed by atoms with van der Waals surface area (Å²) in [5.41, 5.74) is 1.86. The highest BCUT2D eigenvalue weighted by Gasteiger charge is 2.21. The van der Waals surface area contributed by atoms with Crippen LogP contribution in [0.2, 0.25) is 0 Å². The highest BCUT2D eigenvalue weighted by Crippen LogP contribution is 2.34. The number of methoxy groups -OCH3 is 1. The molecule has 0 bridgehead atoms. The van der Waals surface area contributed by atoms with Crippen molar-refractivity contribution in [2.75, 3.05) is 32.1 Å². The van der Waals surface area contributed by atoms with Crippen molar-refractivity contribution < 1.29 is 14.3 Å². The summed E-state index contributed by atoms with van der Waals surface area (Å²) in [7, 11) is 1.64. The number of nitrogens with one attached hydrogen (secondary N) is 1. The van der Waals surface area contributed by atoms with Gasteiger partial charge in [0.25, 0.3) is 5.91 Å². The third-order valence-electron chi connectivity index (χ3n) is 5.74. The number of aryl methyl sites for hydroxylation is 1. The summed E-state index contributed by atoms with van der Waals surface area (Å²) in [6.07, 6.45) is 2.50. The Hall–Kier alpha value is -2.12. The number of nitrogens with zero attached hydrogens (tertiary/aromatic N) is 2. The number of aromatic nitrogens is 1. The first-order valence-electron chi connectivity index (χ1n) is 11.0. The molecule has 1 N–H and O–H groups in total. The summed E-state index contributed by atoms with van der Waals surface area (Å²) in [6.45, 7) is 13.8. The van der Waals surface area contributed by atoms with Gasteiger partial charge in [0.15, 0.2) is 11.7 Å². The number of carbonyl (C=O) groups is 1. The smallest absolute Gasteiger partial charge is 0.264 e. The minimum Gasteiger partial charge on any atom is -0.497 e. The molecular formula is C24H35N3O3S. The summed E-state index contributed by atoms with van der Waals surface area (Å²) >= 11 is 1.56. The van der Waals surface area contributed by atoms with E-state index in [1.807, 2.05) is 25.1 Å². The van der Waals surface area contributed by atoms with Gasteiger partial charge >= 0.3 is 0 Å². The number of likely N-dealkylation sites (tertiary alicyclic amines) is 1. The van der Waals surface area contributed by atoms with E-state index in [-0.39, 0.29) is 17.9 Å². The van der Waals surface area contributed by atoms with Gasteiger partial charge in [0.1, 0.15) is 11.5 Å². The molecule has 1 aliphatic heterocycles. The number of ether oxygens (including phenoxy) is 2. The molecule has 6 nitrogen and oxygen atoms in total. The molecular weight excluding hydrogens is 410 g/mol. The Morgan fingerprint density at radius 1 is 1.29 bits per heavy atom. The molecule has 0 atom stereocenters. The molecule has 1 fully saturated rings. The molecule has 170 valence electrons. The Labute approximate surface area is 190 Å². The number of carbonyl (C=O) groups excluding carboxylic acids is 1. The maximum Gasteiger partial charge on any atom is 0.264 e. The van der Waals surface area contributed by atoms with E-state index in [0.29, 0.717) is 10.9 Å². The number of rotatable bonds is 7. The first-order chi connectivity index (χ1) is 14.7. The van der Waals surface area contributed by atoms with Crippen LogP contribution in [-0.4, -0.2) is 42.6 Å². The van der Waals surface area contributed by atoms with E-state index in [1.54, 1.807) is 18.4 Å². The Bertz CT molecular complexity index is 896. The van der Waals surface area contributed by atoms with Crippen molar-refractivity contribution in [3.63, 3.8) is 0 Å². The summed E-state index contributed by atoms with van der Waals surface area (Å²) in [4.78, 5) is 20.8. The monoisotopic (exact) mass is 445 g/mol. The van der Waals surface area contributed by atoms with Crippen molar-refractivity contribution in [1.82, 2.24) is 9.88 Å². The van der Waals surface area contributed by atoms with Crippen molar-refractivity contribution in [3.8, 4) is 11.5 Å². The molecule has 0 spiro atoms. The lowest BCUT2D eigenvalue weighted by Crippen LogP contribution is -2.32. The zero-order valence-electron chi connectivity index (χ0n) is 19.6. The second-order valence-electron chi connectivity index (χ2n) is 9.44. The highest BCUT2D eigenvalue weighted by molar-refractivity contribution is 7.15. The van der Waals surface area contributed by atoms with Crippen LogP contribution < -0.4 is 14.8 Å². The maximum absolute atomic E-state index is 12.5. The van der Waals surface area contributed by atoms with Crippen LogP contribution in [-0.2, 0) is 16.8 Å².